The summed E-state index contributed by atoms with van der Waals surface area (Å²) in [7, 11) is 0. The maximum atomic E-state index is 5.79. The molecule has 0 aliphatic carbocycles. The Morgan fingerprint density at radius 3 is 2.63 bits per heavy atom. The lowest BCUT2D eigenvalue weighted by Gasteiger charge is -2.06. The van der Waals surface area contributed by atoms with Crippen molar-refractivity contribution in [2.45, 2.75) is 6.92 Å². The van der Waals surface area contributed by atoms with Crippen LogP contribution in [0, 0.1) is 6.92 Å². The predicted molar refractivity (Wildman–Crippen MR) is 79.0 cm³/mol. The van der Waals surface area contributed by atoms with Crippen LogP contribution in [0.15, 0.2) is 42.6 Å². The number of nitrogens with zero attached hydrogens (tertiary/aromatic N) is 3. The first-order valence-electron chi connectivity index (χ1n) is 5.87. The molecule has 2 heterocycles. The van der Waals surface area contributed by atoms with Gasteiger partial charge in [0.1, 0.15) is 10.8 Å². The van der Waals surface area contributed by atoms with Gasteiger partial charge in [-0.05, 0) is 18.6 Å². The number of pyridine rings is 1. The third-order valence-electron chi connectivity index (χ3n) is 2.91. The number of aryl methyl sites for hydroxylation is 1. The molecular weight excluding hydrogens is 256 g/mol. The van der Waals surface area contributed by atoms with Gasteiger partial charge in [-0.2, -0.15) is 5.10 Å². The summed E-state index contributed by atoms with van der Waals surface area (Å²) in [6.07, 6.45) is 1.94. The molecule has 0 saturated carbocycles. The van der Waals surface area contributed by atoms with Gasteiger partial charge < -0.3 is 5.73 Å². The molecule has 0 saturated heterocycles. The van der Waals surface area contributed by atoms with Gasteiger partial charge in [0, 0.05) is 11.8 Å². The van der Waals surface area contributed by atoms with E-state index in [-0.39, 0.29) is 0 Å². The highest BCUT2D eigenvalue weighted by Gasteiger charge is 2.11. The number of benzene rings is 1. The highest BCUT2D eigenvalue weighted by molar-refractivity contribution is 7.80. The summed E-state index contributed by atoms with van der Waals surface area (Å²) in [5.74, 6) is 0.697. The summed E-state index contributed by atoms with van der Waals surface area (Å²) in [6, 6.07) is 12.0. The van der Waals surface area contributed by atoms with E-state index in [1.807, 2.05) is 49.5 Å². The van der Waals surface area contributed by atoms with E-state index in [1.165, 1.54) is 0 Å². The third-order valence-corrected chi connectivity index (χ3v) is 3.13. The molecular formula is C14H12N4S. The SMILES string of the molecule is Cc1nc2c(C(N)=S)cc(-c3ccccc3)cn2n1. The Labute approximate surface area is 115 Å². The summed E-state index contributed by atoms with van der Waals surface area (Å²) in [4.78, 5) is 4.68. The van der Waals surface area contributed by atoms with Crippen molar-refractivity contribution in [3.8, 4) is 11.1 Å². The quantitative estimate of drug-likeness (QED) is 0.725. The second-order valence-corrected chi connectivity index (χ2v) is 4.74. The Bertz CT molecular complexity index is 762. The van der Waals surface area contributed by atoms with Gasteiger partial charge in [-0.25, -0.2) is 9.50 Å². The number of hydrogen-bond acceptors (Lipinski definition) is 3. The molecule has 0 bridgehead atoms. The van der Waals surface area contributed by atoms with Crippen LogP contribution in [-0.4, -0.2) is 19.6 Å². The van der Waals surface area contributed by atoms with Gasteiger partial charge in [-0.3, -0.25) is 0 Å². The van der Waals surface area contributed by atoms with Crippen molar-refractivity contribution in [3.63, 3.8) is 0 Å². The van der Waals surface area contributed by atoms with Crippen molar-refractivity contribution in [2.24, 2.45) is 5.73 Å². The fourth-order valence-corrected chi connectivity index (χ4v) is 2.21. The van der Waals surface area contributed by atoms with E-state index >= 15 is 0 Å². The number of thiocarbonyl (C=S) groups is 1. The lowest BCUT2D eigenvalue weighted by molar-refractivity contribution is 0.931. The Morgan fingerprint density at radius 2 is 1.95 bits per heavy atom. The first-order valence-corrected chi connectivity index (χ1v) is 6.28. The molecule has 0 fully saturated rings. The largest absolute Gasteiger partial charge is 0.389 e. The minimum absolute atomic E-state index is 0.329. The van der Waals surface area contributed by atoms with E-state index in [0.29, 0.717) is 16.5 Å². The average molecular weight is 268 g/mol. The fraction of sp³-hybridized carbons (Fsp3) is 0.0714. The average Bonchev–Trinajstić information content (AvgIpc) is 2.78. The van der Waals surface area contributed by atoms with Gasteiger partial charge in [0.25, 0.3) is 0 Å². The summed E-state index contributed by atoms with van der Waals surface area (Å²) in [5, 5.41) is 4.33. The smallest absolute Gasteiger partial charge is 0.165 e. The van der Waals surface area contributed by atoms with E-state index in [1.54, 1.807) is 4.52 Å². The highest BCUT2D eigenvalue weighted by atomic mass is 32.1. The maximum absolute atomic E-state index is 5.79. The summed E-state index contributed by atoms with van der Waals surface area (Å²) in [5.41, 5.74) is 9.34. The molecule has 3 rings (SSSR count). The van der Waals surface area contributed by atoms with E-state index in [4.69, 9.17) is 18.0 Å². The van der Waals surface area contributed by atoms with Crippen LogP contribution in [0.1, 0.15) is 11.4 Å². The lowest BCUT2D eigenvalue weighted by Crippen LogP contribution is -2.11. The van der Waals surface area contributed by atoms with Gasteiger partial charge >= 0.3 is 0 Å². The second kappa shape index (κ2) is 4.44. The predicted octanol–water partition coefficient (Wildman–Crippen LogP) is 2.34. The number of fused-ring (bicyclic) bond motifs is 1. The van der Waals surface area contributed by atoms with Crippen molar-refractivity contribution in [3.05, 3.63) is 54.0 Å². The molecule has 2 N–H and O–H groups in total. The lowest BCUT2D eigenvalue weighted by atomic mass is 10.1. The molecule has 0 radical (unpaired) electrons. The van der Waals surface area contributed by atoms with Gasteiger partial charge in [-0.1, -0.05) is 42.5 Å². The molecule has 5 heteroatoms. The minimum atomic E-state index is 0.329. The van der Waals surface area contributed by atoms with Crippen molar-refractivity contribution >= 4 is 22.9 Å². The zero-order chi connectivity index (χ0) is 13.4. The summed E-state index contributed by atoms with van der Waals surface area (Å²) in [6.45, 7) is 1.85. The van der Waals surface area contributed by atoms with E-state index in [9.17, 15) is 0 Å². The molecule has 4 nitrogen and oxygen atoms in total. The standard InChI is InChI=1S/C14H12N4S/c1-9-16-14-12(13(15)19)7-11(8-18(14)17-9)10-5-3-2-4-6-10/h2-8H,1H3,(H2,15,19). The molecule has 2 aromatic heterocycles. The Morgan fingerprint density at radius 1 is 1.21 bits per heavy atom. The topological polar surface area (TPSA) is 56.2 Å². The van der Waals surface area contributed by atoms with E-state index < -0.39 is 0 Å². The molecule has 94 valence electrons. The van der Waals surface area contributed by atoms with Crippen molar-refractivity contribution in [2.75, 3.05) is 0 Å². The molecule has 3 aromatic rings. The number of aromatic nitrogens is 3. The van der Waals surface area contributed by atoms with Crippen LogP contribution < -0.4 is 5.73 Å². The molecule has 0 amide bonds. The van der Waals surface area contributed by atoms with Gasteiger partial charge in [0.2, 0.25) is 0 Å². The Balaban J connectivity index is 2.30. The number of rotatable bonds is 2. The third kappa shape index (κ3) is 2.08. The first-order chi connectivity index (χ1) is 9.15. The van der Waals surface area contributed by atoms with Gasteiger partial charge in [-0.15, -0.1) is 0 Å². The van der Waals surface area contributed by atoms with Gasteiger partial charge in [0.05, 0.1) is 5.56 Å². The van der Waals surface area contributed by atoms with Crippen LogP contribution in [0.2, 0.25) is 0 Å². The molecule has 0 aliphatic rings. The van der Waals surface area contributed by atoms with Crippen molar-refractivity contribution < 1.29 is 0 Å². The number of nitrogens with two attached hydrogens (primary N) is 1. The monoisotopic (exact) mass is 268 g/mol. The molecule has 1 aromatic carbocycles. The van der Waals surface area contributed by atoms with Crippen LogP contribution in [0.25, 0.3) is 16.8 Å². The zero-order valence-corrected chi connectivity index (χ0v) is 11.2. The molecule has 0 unspecified atom stereocenters. The van der Waals surface area contributed by atoms with Crippen molar-refractivity contribution in [1.29, 1.82) is 0 Å². The van der Waals surface area contributed by atoms with Crippen LogP contribution in [-0.2, 0) is 0 Å². The van der Waals surface area contributed by atoms with Crippen LogP contribution in [0.5, 0.6) is 0 Å². The number of hydrogen-bond donors (Lipinski definition) is 1. The Kier molecular flexibility index (Phi) is 2.76. The molecule has 0 spiro atoms. The van der Waals surface area contributed by atoms with Gasteiger partial charge in [0.15, 0.2) is 5.65 Å². The van der Waals surface area contributed by atoms with Crippen LogP contribution in [0.3, 0.4) is 0 Å². The van der Waals surface area contributed by atoms with Crippen LogP contribution in [0.4, 0.5) is 0 Å². The highest BCUT2D eigenvalue weighted by Crippen LogP contribution is 2.22. The molecule has 19 heavy (non-hydrogen) atoms. The first kappa shape index (κ1) is 11.8. The maximum Gasteiger partial charge on any atom is 0.165 e. The Hall–Kier alpha value is -2.27. The molecule has 0 aliphatic heterocycles. The van der Waals surface area contributed by atoms with E-state index in [2.05, 4.69) is 10.1 Å². The fourth-order valence-electron chi connectivity index (χ4n) is 2.06. The second-order valence-electron chi connectivity index (χ2n) is 4.30. The minimum Gasteiger partial charge on any atom is -0.389 e. The van der Waals surface area contributed by atoms with Crippen molar-refractivity contribution in [1.82, 2.24) is 14.6 Å². The summed E-state index contributed by atoms with van der Waals surface area (Å²) >= 11 is 5.10. The van der Waals surface area contributed by atoms with Crippen LogP contribution >= 0.6 is 12.2 Å². The van der Waals surface area contributed by atoms with E-state index in [0.717, 1.165) is 16.7 Å². The zero-order valence-electron chi connectivity index (χ0n) is 10.4. The summed E-state index contributed by atoms with van der Waals surface area (Å²) < 4.78 is 1.73. The molecule has 0 atom stereocenters. The normalized spacial score (nSPS) is 10.8.